The third-order valence-corrected chi connectivity index (χ3v) is 3.38. The summed E-state index contributed by atoms with van der Waals surface area (Å²) in [7, 11) is 0. The molecule has 0 spiro atoms. The molecule has 0 aromatic rings. The van der Waals surface area contributed by atoms with Crippen molar-refractivity contribution in [3.63, 3.8) is 0 Å². The quantitative estimate of drug-likeness (QED) is 0.822. The first kappa shape index (κ1) is 14.5. The number of amides is 1. The first-order valence-electron chi connectivity index (χ1n) is 6.82. The molecular weight excluding hydrogens is 214 g/mol. The van der Waals surface area contributed by atoms with Crippen LogP contribution in [0.2, 0.25) is 0 Å². The molecule has 1 fully saturated rings. The van der Waals surface area contributed by atoms with E-state index in [2.05, 4.69) is 12.2 Å². The molecule has 1 saturated carbocycles. The average Bonchev–Trinajstić information content (AvgIpc) is 2.27. The Bertz CT molecular complexity index is 239. The van der Waals surface area contributed by atoms with E-state index in [1.807, 2.05) is 20.8 Å². The van der Waals surface area contributed by atoms with Crippen LogP contribution in [0.5, 0.6) is 0 Å². The van der Waals surface area contributed by atoms with Gasteiger partial charge in [-0.25, -0.2) is 0 Å². The van der Waals surface area contributed by atoms with Gasteiger partial charge in [-0.15, -0.1) is 0 Å². The lowest BCUT2D eigenvalue weighted by atomic mass is 9.84. The first-order chi connectivity index (χ1) is 7.88. The molecule has 1 amide bonds. The molecule has 1 N–H and O–H groups in total. The Morgan fingerprint density at radius 3 is 2.41 bits per heavy atom. The summed E-state index contributed by atoms with van der Waals surface area (Å²) in [6, 6.07) is 0.284. The fraction of sp³-hybridized carbons (Fsp3) is 0.929. The molecule has 0 heterocycles. The summed E-state index contributed by atoms with van der Waals surface area (Å²) in [5, 5.41) is 3.06. The lowest BCUT2D eigenvalue weighted by molar-refractivity contribution is -0.131. The highest BCUT2D eigenvalue weighted by Gasteiger charge is 2.22. The summed E-state index contributed by atoms with van der Waals surface area (Å²) >= 11 is 0. The van der Waals surface area contributed by atoms with Crippen LogP contribution in [0, 0.1) is 5.92 Å². The fourth-order valence-electron chi connectivity index (χ4n) is 2.33. The predicted molar refractivity (Wildman–Crippen MR) is 69.9 cm³/mol. The Balaban J connectivity index is 2.25. The zero-order chi connectivity index (χ0) is 12.9. The second kappa shape index (κ2) is 6.39. The van der Waals surface area contributed by atoms with Crippen molar-refractivity contribution in [2.24, 2.45) is 5.92 Å². The van der Waals surface area contributed by atoms with E-state index in [1.165, 1.54) is 32.1 Å². The summed E-state index contributed by atoms with van der Waals surface area (Å²) in [5.74, 6) is 0.667. The molecule has 0 aliphatic heterocycles. The maximum atomic E-state index is 11.7. The molecule has 0 radical (unpaired) electrons. The Hall–Kier alpha value is -0.570. The molecule has 0 aromatic carbocycles. The van der Waals surface area contributed by atoms with Gasteiger partial charge in [0.2, 0.25) is 5.91 Å². The molecule has 0 unspecified atom stereocenters. The van der Waals surface area contributed by atoms with Crippen LogP contribution in [0.3, 0.4) is 0 Å². The number of hydrogen-bond acceptors (Lipinski definition) is 2. The fourth-order valence-corrected chi connectivity index (χ4v) is 2.33. The highest BCUT2D eigenvalue weighted by Crippen LogP contribution is 2.26. The molecule has 0 bridgehead atoms. The van der Waals surface area contributed by atoms with Gasteiger partial charge in [-0.2, -0.15) is 0 Å². The van der Waals surface area contributed by atoms with Crippen LogP contribution in [0.15, 0.2) is 0 Å². The first-order valence-corrected chi connectivity index (χ1v) is 6.82. The zero-order valence-electron chi connectivity index (χ0n) is 11.7. The second-order valence-electron chi connectivity index (χ2n) is 6.16. The normalized spacial score (nSPS) is 20.0. The van der Waals surface area contributed by atoms with Crippen molar-refractivity contribution in [2.45, 2.75) is 71.4 Å². The van der Waals surface area contributed by atoms with E-state index in [1.54, 1.807) is 0 Å². The van der Waals surface area contributed by atoms with Crippen LogP contribution in [-0.4, -0.2) is 24.2 Å². The highest BCUT2D eigenvalue weighted by molar-refractivity contribution is 5.77. The number of rotatable bonds is 4. The Morgan fingerprint density at radius 2 is 1.88 bits per heavy atom. The number of carbonyl (C=O) groups excluding carboxylic acids is 1. The monoisotopic (exact) mass is 241 g/mol. The molecule has 0 saturated heterocycles. The molecule has 0 aromatic heterocycles. The average molecular weight is 241 g/mol. The van der Waals surface area contributed by atoms with Gasteiger partial charge in [0, 0.05) is 6.04 Å². The van der Waals surface area contributed by atoms with Gasteiger partial charge in [0.1, 0.15) is 6.61 Å². The minimum absolute atomic E-state index is 0.0120. The van der Waals surface area contributed by atoms with E-state index in [4.69, 9.17) is 4.74 Å². The van der Waals surface area contributed by atoms with Gasteiger partial charge >= 0.3 is 0 Å². The SMILES string of the molecule is C[C@@H](NC(=O)COC(C)(C)C)C1CCCCC1. The third-order valence-electron chi connectivity index (χ3n) is 3.38. The molecule has 3 nitrogen and oxygen atoms in total. The lowest BCUT2D eigenvalue weighted by Crippen LogP contribution is -2.41. The van der Waals surface area contributed by atoms with Crippen molar-refractivity contribution >= 4 is 5.91 Å². The van der Waals surface area contributed by atoms with Crippen LogP contribution in [-0.2, 0) is 9.53 Å². The van der Waals surface area contributed by atoms with Crippen LogP contribution in [0.1, 0.15) is 59.8 Å². The minimum Gasteiger partial charge on any atom is -0.366 e. The second-order valence-corrected chi connectivity index (χ2v) is 6.16. The number of nitrogens with one attached hydrogen (secondary N) is 1. The Kier molecular flexibility index (Phi) is 5.44. The van der Waals surface area contributed by atoms with Crippen LogP contribution < -0.4 is 5.32 Å². The number of hydrogen-bond donors (Lipinski definition) is 1. The van der Waals surface area contributed by atoms with Gasteiger partial charge in [-0.3, -0.25) is 4.79 Å². The Morgan fingerprint density at radius 1 is 1.29 bits per heavy atom. The molecular formula is C14H27NO2. The number of ether oxygens (including phenoxy) is 1. The van der Waals surface area contributed by atoms with Crippen molar-refractivity contribution in [1.29, 1.82) is 0 Å². The smallest absolute Gasteiger partial charge is 0.246 e. The van der Waals surface area contributed by atoms with Crippen molar-refractivity contribution in [2.75, 3.05) is 6.61 Å². The van der Waals surface area contributed by atoms with E-state index in [0.717, 1.165) is 0 Å². The zero-order valence-corrected chi connectivity index (χ0v) is 11.7. The van der Waals surface area contributed by atoms with Gasteiger partial charge in [-0.05, 0) is 46.5 Å². The third kappa shape index (κ3) is 6.06. The van der Waals surface area contributed by atoms with Crippen molar-refractivity contribution < 1.29 is 9.53 Å². The van der Waals surface area contributed by atoms with Gasteiger partial charge in [0.25, 0.3) is 0 Å². The predicted octanol–water partition coefficient (Wildman–Crippen LogP) is 2.89. The van der Waals surface area contributed by atoms with Gasteiger partial charge in [0.15, 0.2) is 0 Å². The van der Waals surface area contributed by atoms with E-state index in [9.17, 15) is 4.79 Å². The topological polar surface area (TPSA) is 38.3 Å². The highest BCUT2D eigenvalue weighted by atomic mass is 16.5. The van der Waals surface area contributed by atoms with Crippen LogP contribution >= 0.6 is 0 Å². The van der Waals surface area contributed by atoms with Gasteiger partial charge in [-0.1, -0.05) is 19.3 Å². The summed E-state index contributed by atoms with van der Waals surface area (Å²) in [4.78, 5) is 11.7. The molecule has 17 heavy (non-hydrogen) atoms. The van der Waals surface area contributed by atoms with E-state index >= 15 is 0 Å². The van der Waals surface area contributed by atoms with E-state index in [0.29, 0.717) is 5.92 Å². The summed E-state index contributed by atoms with van der Waals surface area (Å²) in [6.07, 6.45) is 6.47. The van der Waals surface area contributed by atoms with Gasteiger partial charge < -0.3 is 10.1 Å². The van der Waals surface area contributed by atoms with Crippen molar-refractivity contribution in [3.05, 3.63) is 0 Å². The molecule has 1 aliphatic carbocycles. The van der Waals surface area contributed by atoms with E-state index < -0.39 is 0 Å². The summed E-state index contributed by atoms with van der Waals surface area (Å²) in [6.45, 7) is 8.17. The van der Waals surface area contributed by atoms with Gasteiger partial charge in [0.05, 0.1) is 5.60 Å². The van der Waals surface area contributed by atoms with E-state index in [-0.39, 0.29) is 24.2 Å². The standard InChI is InChI=1S/C14H27NO2/c1-11(12-8-6-5-7-9-12)15-13(16)10-17-14(2,3)4/h11-12H,5-10H2,1-4H3,(H,15,16)/t11-/m1/s1. The van der Waals surface area contributed by atoms with Crippen molar-refractivity contribution in [3.8, 4) is 0 Å². The van der Waals surface area contributed by atoms with Crippen LogP contribution in [0.25, 0.3) is 0 Å². The van der Waals surface area contributed by atoms with Crippen LogP contribution in [0.4, 0.5) is 0 Å². The maximum absolute atomic E-state index is 11.7. The minimum atomic E-state index is -0.245. The van der Waals surface area contributed by atoms with Crippen molar-refractivity contribution in [1.82, 2.24) is 5.32 Å². The lowest BCUT2D eigenvalue weighted by Gasteiger charge is -2.28. The maximum Gasteiger partial charge on any atom is 0.246 e. The molecule has 1 aliphatic rings. The molecule has 1 atom stereocenters. The molecule has 1 rings (SSSR count). The summed E-state index contributed by atoms with van der Waals surface area (Å²) < 4.78 is 5.47. The molecule has 3 heteroatoms. The Labute approximate surface area is 105 Å². The largest absolute Gasteiger partial charge is 0.366 e. The molecule has 100 valence electrons. The number of carbonyl (C=O) groups is 1. The summed E-state index contributed by atoms with van der Waals surface area (Å²) in [5.41, 5.74) is -0.245.